The molecule has 1 aliphatic heterocycles. The van der Waals surface area contributed by atoms with E-state index in [1.54, 1.807) is 23.3 Å². The predicted molar refractivity (Wildman–Crippen MR) is 122 cm³/mol. The van der Waals surface area contributed by atoms with E-state index in [2.05, 4.69) is 32.6 Å². The zero-order valence-corrected chi connectivity index (χ0v) is 18.6. The summed E-state index contributed by atoms with van der Waals surface area (Å²) in [5, 5.41) is 11.7. The van der Waals surface area contributed by atoms with Crippen LogP contribution in [0.3, 0.4) is 0 Å². The van der Waals surface area contributed by atoms with Gasteiger partial charge in [-0.15, -0.1) is 5.10 Å². The number of carbonyl (C=O) groups is 1. The number of nitrogens with one attached hydrogen (secondary N) is 1. The minimum absolute atomic E-state index is 0.144. The number of hydrogen-bond acceptors (Lipinski definition) is 6. The summed E-state index contributed by atoms with van der Waals surface area (Å²) in [6.45, 7) is 1.95. The highest BCUT2D eigenvalue weighted by atomic mass is 16.3. The second kappa shape index (κ2) is 7.41. The van der Waals surface area contributed by atoms with Gasteiger partial charge in [-0.05, 0) is 56.3 Å². The third-order valence-corrected chi connectivity index (χ3v) is 6.83. The fraction of sp³-hybridized carbons (Fsp3) is 0.333. The molecule has 1 aromatic carbocycles. The van der Waals surface area contributed by atoms with E-state index in [-0.39, 0.29) is 17.4 Å². The van der Waals surface area contributed by atoms with Crippen molar-refractivity contribution >= 4 is 5.91 Å². The Morgan fingerprint density at radius 1 is 1.15 bits per heavy atom. The van der Waals surface area contributed by atoms with Crippen LogP contribution in [0.1, 0.15) is 23.4 Å². The van der Waals surface area contributed by atoms with Crippen molar-refractivity contribution in [3.8, 4) is 28.4 Å². The molecule has 4 aromatic rings. The van der Waals surface area contributed by atoms with Gasteiger partial charge in [-0.3, -0.25) is 4.79 Å². The number of amides is 1. The summed E-state index contributed by atoms with van der Waals surface area (Å²) < 4.78 is 9.52. The first-order valence-electron chi connectivity index (χ1n) is 11.1. The minimum atomic E-state index is -0.144. The topological polar surface area (TPSA) is 94.0 Å². The Hall–Kier alpha value is -3.72. The number of aryl methyl sites for hydroxylation is 1. The first-order chi connectivity index (χ1) is 16.0. The standard InChI is InChI=1S/C24H25N7O2/c1-29-13-22(24(14-29)9-10-24)26-23(32)21-8-7-20(33-21)16-3-5-17(6-4-16)31-12-18(27-28-31)19-11-25-15-30(19)2/h3-8,11-12,15,22H,9-10,13-14H2,1-2H3,(H,26,32). The molecule has 9 nitrogen and oxygen atoms in total. The van der Waals surface area contributed by atoms with Crippen molar-refractivity contribution in [1.82, 2.24) is 34.8 Å². The van der Waals surface area contributed by atoms with E-state index in [1.807, 2.05) is 48.1 Å². The molecule has 4 heterocycles. The van der Waals surface area contributed by atoms with Crippen LogP contribution in [-0.2, 0) is 7.05 Å². The van der Waals surface area contributed by atoms with Crippen molar-refractivity contribution in [1.29, 1.82) is 0 Å². The number of likely N-dealkylation sites (tertiary alicyclic amines) is 1. The number of likely N-dealkylation sites (N-methyl/N-ethyl adjacent to an activating group) is 1. The van der Waals surface area contributed by atoms with Gasteiger partial charge in [0.25, 0.3) is 5.91 Å². The Labute approximate surface area is 191 Å². The summed E-state index contributed by atoms with van der Waals surface area (Å²) in [5.74, 6) is 0.858. The quantitative estimate of drug-likeness (QED) is 0.510. The summed E-state index contributed by atoms with van der Waals surface area (Å²) in [6, 6.07) is 11.6. The monoisotopic (exact) mass is 443 g/mol. The Balaban J connectivity index is 1.16. The molecule has 1 aliphatic carbocycles. The number of aromatic nitrogens is 5. The number of nitrogens with zero attached hydrogens (tertiary/aromatic N) is 6. The Bertz CT molecular complexity index is 1310. The molecule has 0 bridgehead atoms. The van der Waals surface area contributed by atoms with Gasteiger partial charge in [0.05, 0.1) is 30.1 Å². The summed E-state index contributed by atoms with van der Waals surface area (Å²) >= 11 is 0. The number of furan rings is 1. The van der Waals surface area contributed by atoms with Crippen LogP contribution in [0, 0.1) is 5.41 Å². The average Bonchev–Trinajstić information content (AvgIpc) is 3.26. The second-order valence-corrected chi connectivity index (χ2v) is 9.23. The Kier molecular flexibility index (Phi) is 4.48. The van der Waals surface area contributed by atoms with Gasteiger partial charge in [0, 0.05) is 37.2 Å². The van der Waals surface area contributed by atoms with Gasteiger partial charge < -0.3 is 19.2 Å². The molecule has 1 atom stereocenters. The first kappa shape index (κ1) is 19.9. The lowest BCUT2D eigenvalue weighted by molar-refractivity contribution is 0.0900. The fourth-order valence-corrected chi connectivity index (χ4v) is 4.82. The van der Waals surface area contributed by atoms with E-state index in [9.17, 15) is 4.79 Å². The lowest BCUT2D eigenvalue weighted by Crippen LogP contribution is -2.41. The minimum Gasteiger partial charge on any atom is -0.451 e. The van der Waals surface area contributed by atoms with Crippen LogP contribution in [0.2, 0.25) is 0 Å². The van der Waals surface area contributed by atoms with E-state index >= 15 is 0 Å². The van der Waals surface area contributed by atoms with Crippen molar-refractivity contribution in [2.24, 2.45) is 12.5 Å². The molecule has 168 valence electrons. The van der Waals surface area contributed by atoms with Crippen LogP contribution >= 0.6 is 0 Å². The SMILES string of the molecule is CN1CC(NC(=O)c2ccc(-c3ccc(-n4cc(-c5cncn5C)nn4)cc3)o2)C2(CC2)C1. The highest BCUT2D eigenvalue weighted by Crippen LogP contribution is 2.52. The van der Waals surface area contributed by atoms with E-state index in [0.717, 1.165) is 35.7 Å². The molecule has 1 unspecified atom stereocenters. The number of hydrogen-bond donors (Lipinski definition) is 1. The van der Waals surface area contributed by atoms with E-state index in [1.165, 1.54) is 12.8 Å². The highest BCUT2D eigenvalue weighted by Gasteiger charge is 2.54. The molecule has 1 amide bonds. The van der Waals surface area contributed by atoms with E-state index in [0.29, 0.717) is 11.5 Å². The molecule has 1 saturated heterocycles. The molecule has 33 heavy (non-hydrogen) atoms. The smallest absolute Gasteiger partial charge is 0.287 e. The van der Waals surface area contributed by atoms with Crippen molar-refractivity contribution in [2.45, 2.75) is 18.9 Å². The molecular formula is C24H25N7O2. The third-order valence-electron chi connectivity index (χ3n) is 6.83. The zero-order chi connectivity index (χ0) is 22.6. The fourth-order valence-electron chi connectivity index (χ4n) is 4.82. The Morgan fingerprint density at radius 2 is 1.97 bits per heavy atom. The molecule has 1 spiro atoms. The maximum atomic E-state index is 12.8. The lowest BCUT2D eigenvalue weighted by Gasteiger charge is -2.17. The molecule has 1 saturated carbocycles. The molecule has 2 aliphatic rings. The van der Waals surface area contributed by atoms with Gasteiger partial charge in [-0.1, -0.05) is 5.21 Å². The van der Waals surface area contributed by atoms with Crippen molar-refractivity contribution in [3.05, 3.63) is 60.9 Å². The number of carbonyl (C=O) groups excluding carboxylic acids is 1. The summed E-state index contributed by atoms with van der Waals surface area (Å²) in [6.07, 6.45) is 7.74. The normalized spacial score (nSPS) is 19.3. The van der Waals surface area contributed by atoms with Gasteiger partial charge >= 0.3 is 0 Å². The maximum Gasteiger partial charge on any atom is 0.287 e. The van der Waals surface area contributed by atoms with E-state index in [4.69, 9.17) is 4.42 Å². The third kappa shape index (κ3) is 3.54. The summed E-state index contributed by atoms with van der Waals surface area (Å²) in [4.78, 5) is 19.2. The zero-order valence-electron chi connectivity index (χ0n) is 18.6. The van der Waals surface area contributed by atoms with Crippen LogP contribution in [0.15, 0.2) is 59.5 Å². The molecule has 2 fully saturated rings. The second-order valence-electron chi connectivity index (χ2n) is 9.23. The summed E-state index contributed by atoms with van der Waals surface area (Å²) in [7, 11) is 4.03. The van der Waals surface area contributed by atoms with Crippen molar-refractivity contribution in [3.63, 3.8) is 0 Å². The molecule has 6 rings (SSSR count). The van der Waals surface area contributed by atoms with Gasteiger partial charge in [-0.2, -0.15) is 0 Å². The maximum absolute atomic E-state index is 12.8. The highest BCUT2D eigenvalue weighted by molar-refractivity contribution is 5.92. The number of rotatable bonds is 5. The largest absolute Gasteiger partial charge is 0.451 e. The van der Waals surface area contributed by atoms with Crippen LogP contribution in [0.25, 0.3) is 28.4 Å². The molecular weight excluding hydrogens is 418 g/mol. The van der Waals surface area contributed by atoms with Crippen molar-refractivity contribution < 1.29 is 9.21 Å². The molecule has 1 N–H and O–H groups in total. The number of imidazole rings is 1. The number of benzene rings is 1. The van der Waals surface area contributed by atoms with Crippen LogP contribution in [-0.4, -0.2) is 61.5 Å². The van der Waals surface area contributed by atoms with Crippen LogP contribution in [0.5, 0.6) is 0 Å². The van der Waals surface area contributed by atoms with Gasteiger partial charge in [0.2, 0.25) is 0 Å². The first-order valence-corrected chi connectivity index (χ1v) is 11.1. The molecule has 9 heteroatoms. The van der Waals surface area contributed by atoms with E-state index < -0.39 is 0 Å². The predicted octanol–water partition coefficient (Wildman–Crippen LogP) is 2.75. The van der Waals surface area contributed by atoms with Crippen molar-refractivity contribution in [2.75, 3.05) is 20.1 Å². The molecule has 0 radical (unpaired) electrons. The van der Waals surface area contributed by atoms with Gasteiger partial charge in [-0.25, -0.2) is 9.67 Å². The van der Waals surface area contributed by atoms with Crippen LogP contribution < -0.4 is 5.32 Å². The lowest BCUT2D eigenvalue weighted by atomic mass is 10.0. The van der Waals surface area contributed by atoms with Gasteiger partial charge in [0.1, 0.15) is 11.5 Å². The summed E-state index contributed by atoms with van der Waals surface area (Å²) in [5.41, 5.74) is 3.69. The Morgan fingerprint density at radius 3 is 2.70 bits per heavy atom. The molecule has 3 aromatic heterocycles. The van der Waals surface area contributed by atoms with Gasteiger partial charge in [0.15, 0.2) is 5.76 Å². The van der Waals surface area contributed by atoms with Crippen LogP contribution in [0.4, 0.5) is 0 Å². The average molecular weight is 444 g/mol.